The molecule has 2 aromatic heterocycles. The average Bonchev–Trinajstić information content (AvgIpc) is 3.63. The fraction of sp³-hybridized carbons (Fsp3) is 0.622. The third-order valence-electron chi connectivity index (χ3n) is 10.7. The maximum absolute atomic E-state index is 14.5. The summed E-state index contributed by atoms with van der Waals surface area (Å²) in [5.74, 6) is 0.434. The summed E-state index contributed by atoms with van der Waals surface area (Å²) in [5.41, 5.74) is 4.29. The number of amides is 1. The Morgan fingerprint density at radius 3 is 2.47 bits per heavy atom. The predicted octanol–water partition coefficient (Wildman–Crippen LogP) is 6.13. The smallest absolute Gasteiger partial charge is 0.256 e. The number of piperidine rings is 1. The summed E-state index contributed by atoms with van der Waals surface area (Å²) in [6.45, 7) is 15.6. The molecule has 2 atom stereocenters. The minimum absolute atomic E-state index is 0.0149. The van der Waals surface area contributed by atoms with E-state index in [0.29, 0.717) is 29.1 Å². The van der Waals surface area contributed by atoms with Crippen LogP contribution in [0.5, 0.6) is 0 Å². The molecule has 0 radical (unpaired) electrons. The zero-order valence-corrected chi connectivity index (χ0v) is 30.2. The third kappa shape index (κ3) is 8.08. The van der Waals surface area contributed by atoms with Crippen LogP contribution >= 0.6 is 0 Å². The van der Waals surface area contributed by atoms with Crippen LogP contribution in [0.1, 0.15) is 81.3 Å². The summed E-state index contributed by atoms with van der Waals surface area (Å²) in [7, 11) is -1.18. The molecule has 1 unspecified atom stereocenters. The molecule has 0 N–H and O–H groups in total. The Bertz CT molecular complexity index is 1660. The Morgan fingerprint density at radius 2 is 1.81 bits per heavy atom. The molecule has 0 aliphatic carbocycles. The lowest BCUT2D eigenvalue weighted by molar-refractivity contribution is 0.0754. The van der Waals surface area contributed by atoms with Crippen LogP contribution in [-0.4, -0.2) is 102 Å². The summed E-state index contributed by atoms with van der Waals surface area (Å²) in [5, 5.41) is 0.989. The molecule has 47 heavy (non-hydrogen) atoms. The van der Waals surface area contributed by atoms with E-state index in [4.69, 9.17) is 0 Å². The van der Waals surface area contributed by atoms with Gasteiger partial charge in [-0.3, -0.25) is 14.7 Å². The van der Waals surface area contributed by atoms with Crippen LogP contribution in [0.15, 0.2) is 36.8 Å². The highest BCUT2D eigenvalue weighted by Crippen LogP contribution is 2.34. The molecule has 1 amide bonds. The molecule has 2 aliphatic heterocycles. The van der Waals surface area contributed by atoms with Crippen molar-refractivity contribution in [1.29, 1.82) is 0 Å². The number of halogens is 1. The summed E-state index contributed by atoms with van der Waals surface area (Å²) >= 11 is 0. The van der Waals surface area contributed by atoms with Crippen LogP contribution in [0, 0.1) is 24.6 Å². The van der Waals surface area contributed by atoms with Crippen molar-refractivity contribution in [1.82, 2.24) is 24.3 Å². The number of hydrogen-bond donors (Lipinski definition) is 0. The monoisotopic (exact) mass is 667 g/mol. The van der Waals surface area contributed by atoms with Crippen molar-refractivity contribution in [2.45, 2.75) is 90.5 Å². The van der Waals surface area contributed by atoms with E-state index in [1.807, 2.05) is 30.8 Å². The van der Waals surface area contributed by atoms with Gasteiger partial charge < -0.3 is 14.4 Å². The summed E-state index contributed by atoms with van der Waals surface area (Å²) in [6, 6.07) is 4.99. The molecule has 1 aromatic carbocycles. The second-order valence-electron chi connectivity index (χ2n) is 14.7. The van der Waals surface area contributed by atoms with Crippen molar-refractivity contribution in [3.8, 4) is 5.69 Å². The zero-order valence-electron chi connectivity index (χ0n) is 29.4. The van der Waals surface area contributed by atoms with Gasteiger partial charge in [0.2, 0.25) is 0 Å². The fourth-order valence-corrected chi connectivity index (χ4v) is 8.84. The van der Waals surface area contributed by atoms with Gasteiger partial charge in [0.1, 0.15) is 15.7 Å². The van der Waals surface area contributed by atoms with Crippen molar-refractivity contribution in [3.05, 3.63) is 59.3 Å². The number of likely N-dealkylation sites (tertiary alicyclic amines) is 2. The molecule has 2 saturated heterocycles. The first-order chi connectivity index (χ1) is 22.2. The summed E-state index contributed by atoms with van der Waals surface area (Å²) < 4.78 is 40.4. The number of sulfone groups is 1. The van der Waals surface area contributed by atoms with Crippen LogP contribution in [0.4, 0.5) is 4.39 Å². The van der Waals surface area contributed by atoms with Gasteiger partial charge in [-0.2, -0.15) is 0 Å². The maximum atomic E-state index is 14.5. The van der Waals surface area contributed by atoms with Gasteiger partial charge in [0.15, 0.2) is 0 Å². The third-order valence-corrected chi connectivity index (χ3v) is 12.4. The Hall–Kier alpha value is -2.82. The fourth-order valence-electron chi connectivity index (χ4n) is 7.77. The highest BCUT2D eigenvalue weighted by atomic mass is 32.2. The van der Waals surface area contributed by atoms with E-state index in [9.17, 15) is 17.6 Å². The molecule has 0 saturated carbocycles. The predicted molar refractivity (Wildman–Crippen MR) is 189 cm³/mol. The molecule has 4 heterocycles. The first kappa shape index (κ1) is 35.5. The number of benzene rings is 1. The van der Waals surface area contributed by atoms with Gasteiger partial charge in [0.05, 0.1) is 28.2 Å². The standard InChI is InChI=1S/C37H54FN5O3S/c1-25(2)33(9-8-15-41-16-13-31(14-17-41)47(7,45)46)42-18-12-28(23-42)19-29-24-43(35-22-39-21-27(5)36(29)35)34-11-10-30(38)20-32(34)37(44)40(6)26(3)4/h10-11,20-22,24-26,28,31,33H,8-9,12-19,23H2,1-7H3/t28-,33?/m1/s1. The second kappa shape index (κ2) is 14.7. The van der Waals surface area contributed by atoms with E-state index < -0.39 is 15.7 Å². The maximum Gasteiger partial charge on any atom is 0.256 e. The Kier molecular flexibility index (Phi) is 11.1. The van der Waals surface area contributed by atoms with Gasteiger partial charge in [-0.1, -0.05) is 13.8 Å². The lowest BCUT2D eigenvalue weighted by atomic mass is 9.96. The van der Waals surface area contributed by atoms with E-state index in [1.54, 1.807) is 18.0 Å². The Labute approximate surface area is 281 Å². The molecule has 8 nitrogen and oxygen atoms in total. The molecule has 3 aromatic rings. The van der Waals surface area contributed by atoms with Gasteiger partial charge in [-0.15, -0.1) is 0 Å². The van der Waals surface area contributed by atoms with Crippen LogP contribution < -0.4 is 0 Å². The number of pyridine rings is 1. The first-order valence-corrected chi connectivity index (χ1v) is 19.4. The van der Waals surface area contributed by atoms with Crippen LogP contribution in [-0.2, 0) is 16.3 Å². The van der Waals surface area contributed by atoms with E-state index >= 15 is 0 Å². The number of carbonyl (C=O) groups excluding carboxylic acids is 1. The number of fused-ring (bicyclic) bond motifs is 1. The van der Waals surface area contributed by atoms with Gasteiger partial charge in [0, 0.05) is 49.7 Å². The van der Waals surface area contributed by atoms with E-state index in [2.05, 4.69) is 41.8 Å². The molecule has 10 heteroatoms. The minimum atomic E-state index is -2.94. The largest absolute Gasteiger partial charge is 0.339 e. The van der Waals surface area contributed by atoms with Crippen molar-refractivity contribution >= 4 is 26.6 Å². The van der Waals surface area contributed by atoms with Gasteiger partial charge >= 0.3 is 0 Å². The minimum Gasteiger partial charge on any atom is -0.339 e. The molecule has 5 rings (SSSR count). The van der Waals surface area contributed by atoms with Crippen molar-refractivity contribution in [2.75, 3.05) is 46.0 Å². The van der Waals surface area contributed by atoms with Gasteiger partial charge in [-0.25, -0.2) is 12.8 Å². The molecular formula is C37H54FN5O3S. The van der Waals surface area contributed by atoms with Gasteiger partial charge in [-0.05, 0) is 127 Å². The van der Waals surface area contributed by atoms with Crippen LogP contribution in [0.3, 0.4) is 0 Å². The number of rotatable bonds is 12. The zero-order chi connectivity index (χ0) is 34.0. The van der Waals surface area contributed by atoms with Crippen LogP contribution in [0.25, 0.3) is 16.6 Å². The molecule has 0 spiro atoms. The van der Waals surface area contributed by atoms with Crippen molar-refractivity contribution in [2.24, 2.45) is 11.8 Å². The lowest BCUT2D eigenvalue weighted by Gasteiger charge is -2.34. The SMILES string of the molecule is Cc1cncc2c1c(C[C@H]1CCN(C(CCCN3CCC(S(C)(=O)=O)CC3)C(C)C)C1)cn2-c1ccc(F)cc1C(=O)N(C)C(C)C. The molecule has 0 bridgehead atoms. The molecule has 2 aliphatic rings. The normalized spacial score (nSPS) is 19.3. The molecular weight excluding hydrogens is 614 g/mol. The average molecular weight is 668 g/mol. The summed E-state index contributed by atoms with van der Waals surface area (Å²) in [6.07, 6.45) is 13.1. The topological polar surface area (TPSA) is 78.8 Å². The first-order valence-electron chi connectivity index (χ1n) is 17.4. The lowest BCUT2D eigenvalue weighted by Crippen LogP contribution is -2.41. The van der Waals surface area contributed by atoms with E-state index in [0.717, 1.165) is 82.3 Å². The Balaban J connectivity index is 1.29. The molecule has 2 fully saturated rings. The summed E-state index contributed by atoms with van der Waals surface area (Å²) in [4.78, 5) is 24.8. The molecule has 258 valence electrons. The highest BCUT2D eigenvalue weighted by molar-refractivity contribution is 7.91. The number of hydrogen-bond acceptors (Lipinski definition) is 6. The number of aryl methyl sites for hydroxylation is 1. The van der Waals surface area contributed by atoms with Crippen molar-refractivity contribution < 1.29 is 17.6 Å². The van der Waals surface area contributed by atoms with Crippen molar-refractivity contribution in [3.63, 3.8) is 0 Å². The number of carbonyl (C=O) groups is 1. The van der Waals surface area contributed by atoms with E-state index in [1.165, 1.54) is 29.3 Å². The number of nitrogens with zero attached hydrogens (tertiary/aromatic N) is 5. The highest BCUT2D eigenvalue weighted by Gasteiger charge is 2.32. The quantitative estimate of drug-likeness (QED) is 0.231. The van der Waals surface area contributed by atoms with Gasteiger partial charge in [0.25, 0.3) is 5.91 Å². The van der Waals surface area contributed by atoms with Crippen LogP contribution in [0.2, 0.25) is 0 Å². The second-order valence-corrected chi connectivity index (χ2v) is 17.0. The van der Waals surface area contributed by atoms with E-state index in [-0.39, 0.29) is 17.2 Å². The number of aromatic nitrogens is 2. The Morgan fingerprint density at radius 1 is 1.09 bits per heavy atom.